The third-order valence-electron chi connectivity index (χ3n) is 7.14. The van der Waals surface area contributed by atoms with Crippen LogP contribution in [0.3, 0.4) is 0 Å². The second-order valence-electron chi connectivity index (χ2n) is 13.4. The second kappa shape index (κ2) is 15.2. The van der Waals surface area contributed by atoms with Gasteiger partial charge in [0.2, 0.25) is 0 Å². The SMILES string of the molecule is CC(=O)OCC(=O)N(CC[C@H](NC(=O)OC(C)(C)C)C(=O)O)[C@@H](c1cc(-c2cc(F)ccc2F)cn1Cc1ccccc1)C(C)(C)C. The van der Waals surface area contributed by atoms with Gasteiger partial charge in [-0.2, -0.15) is 0 Å². The molecule has 0 aliphatic carbocycles. The third kappa shape index (κ3) is 10.7. The van der Waals surface area contributed by atoms with Crippen molar-refractivity contribution in [2.75, 3.05) is 13.2 Å². The van der Waals surface area contributed by atoms with E-state index in [2.05, 4.69) is 5.32 Å². The van der Waals surface area contributed by atoms with Crippen molar-refractivity contribution in [3.63, 3.8) is 0 Å². The van der Waals surface area contributed by atoms with Gasteiger partial charge in [-0.1, -0.05) is 51.1 Å². The minimum absolute atomic E-state index is 0.0241. The van der Waals surface area contributed by atoms with Crippen molar-refractivity contribution in [3.05, 3.63) is 83.7 Å². The van der Waals surface area contributed by atoms with Crippen LogP contribution in [0.4, 0.5) is 13.6 Å². The molecule has 0 radical (unpaired) electrons. The first kappa shape index (κ1) is 36.7. The zero-order valence-corrected chi connectivity index (χ0v) is 27.8. The maximum Gasteiger partial charge on any atom is 0.408 e. The highest BCUT2D eigenvalue weighted by Crippen LogP contribution is 2.41. The number of rotatable bonds is 12. The average Bonchev–Trinajstić information content (AvgIpc) is 3.35. The summed E-state index contributed by atoms with van der Waals surface area (Å²) >= 11 is 0. The molecule has 3 aromatic rings. The minimum Gasteiger partial charge on any atom is -0.480 e. The number of carbonyl (C=O) groups excluding carboxylic acids is 3. The summed E-state index contributed by atoms with van der Waals surface area (Å²) < 4.78 is 41.4. The Hall–Kier alpha value is -4.74. The summed E-state index contributed by atoms with van der Waals surface area (Å²) in [5, 5.41) is 12.3. The lowest BCUT2D eigenvalue weighted by molar-refractivity contribution is -0.153. The first-order valence-corrected chi connectivity index (χ1v) is 15.2. The summed E-state index contributed by atoms with van der Waals surface area (Å²) in [5.41, 5.74) is 0.227. The predicted octanol–water partition coefficient (Wildman–Crippen LogP) is 6.33. The molecule has 1 aromatic heterocycles. The van der Waals surface area contributed by atoms with E-state index >= 15 is 4.39 Å². The molecule has 2 atom stereocenters. The van der Waals surface area contributed by atoms with Gasteiger partial charge >= 0.3 is 18.0 Å². The molecule has 0 unspecified atom stereocenters. The van der Waals surface area contributed by atoms with Gasteiger partial charge in [0.15, 0.2) is 6.61 Å². The van der Waals surface area contributed by atoms with Gasteiger partial charge in [0.1, 0.15) is 23.3 Å². The number of benzene rings is 2. The number of amides is 2. The number of carbonyl (C=O) groups is 4. The smallest absolute Gasteiger partial charge is 0.408 e. The van der Waals surface area contributed by atoms with Gasteiger partial charge in [0.05, 0.1) is 6.04 Å². The molecule has 10 nitrogen and oxygen atoms in total. The second-order valence-corrected chi connectivity index (χ2v) is 13.4. The molecular formula is C35H43F2N3O7. The minimum atomic E-state index is -1.43. The Morgan fingerprint density at radius 2 is 1.64 bits per heavy atom. The van der Waals surface area contributed by atoms with Crippen molar-refractivity contribution < 1.29 is 42.5 Å². The van der Waals surface area contributed by atoms with Crippen LogP contribution in [-0.4, -0.2) is 63.3 Å². The number of carboxylic acids is 1. The molecule has 0 saturated heterocycles. The zero-order valence-electron chi connectivity index (χ0n) is 27.8. The van der Waals surface area contributed by atoms with Gasteiger partial charge in [-0.25, -0.2) is 18.4 Å². The standard InChI is InChI=1S/C35H43F2N3O7/c1-22(41)46-21-30(42)40(16-15-28(32(43)44)38-33(45)47-35(5,6)7)31(34(2,3)4)29-17-24(26-18-25(36)13-14-27(26)37)20-39(29)19-23-11-9-8-10-12-23/h8-14,17-18,20,28,31H,15-16,19,21H2,1-7H3,(H,38,45)(H,43,44)/t28-,31-/m0/s1. The van der Waals surface area contributed by atoms with Crippen LogP contribution in [-0.2, 0) is 30.4 Å². The number of nitrogens with one attached hydrogen (secondary N) is 1. The summed E-state index contributed by atoms with van der Waals surface area (Å²) in [4.78, 5) is 51.5. The van der Waals surface area contributed by atoms with Gasteiger partial charge in [0, 0.05) is 43.0 Å². The molecule has 2 aromatic carbocycles. The molecule has 0 bridgehead atoms. The normalized spacial score (nSPS) is 13.0. The van der Waals surface area contributed by atoms with Gasteiger partial charge < -0.3 is 29.4 Å². The van der Waals surface area contributed by atoms with E-state index in [1.165, 1.54) is 4.90 Å². The number of hydrogen-bond donors (Lipinski definition) is 2. The van der Waals surface area contributed by atoms with Crippen LogP contribution in [0.15, 0.2) is 60.8 Å². The molecule has 12 heteroatoms. The Morgan fingerprint density at radius 3 is 2.21 bits per heavy atom. The molecule has 0 fully saturated rings. The van der Waals surface area contributed by atoms with E-state index in [-0.39, 0.29) is 18.5 Å². The Morgan fingerprint density at radius 1 is 0.979 bits per heavy atom. The van der Waals surface area contributed by atoms with Crippen LogP contribution in [0, 0.1) is 17.0 Å². The molecular weight excluding hydrogens is 612 g/mol. The molecule has 0 saturated carbocycles. The largest absolute Gasteiger partial charge is 0.480 e. The van der Waals surface area contributed by atoms with Gasteiger partial charge in [-0.15, -0.1) is 0 Å². The topological polar surface area (TPSA) is 127 Å². The number of aliphatic carboxylic acids is 1. The number of carboxylic acid groups (broad SMARTS) is 1. The average molecular weight is 656 g/mol. The van der Waals surface area contributed by atoms with Crippen molar-refractivity contribution in [1.82, 2.24) is 14.8 Å². The van der Waals surface area contributed by atoms with Crippen molar-refractivity contribution >= 4 is 23.9 Å². The van der Waals surface area contributed by atoms with Crippen LogP contribution in [0.1, 0.15) is 72.2 Å². The maximum atomic E-state index is 15.0. The molecule has 254 valence electrons. The lowest BCUT2D eigenvalue weighted by Crippen LogP contribution is -2.48. The summed E-state index contributed by atoms with van der Waals surface area (Å²) in [6.45, 7) is 11.2. The number of hydrogen-bond acceptors (Lipinski definition) is 6. The van der Waals surface area contributed by atoms with E-state index in [0.717, 1.165) is 30.7 Å². The van der Waals surface area contributed by atoms with Gasteiger partial charge in [-0.3, -0.25) is 9.59 Å². The molecule has 2 amide bonds. The monoisotopic (exact) mass is 655 g/mol. The number of esters is 1. The van der Waals surface area contributed by atoms with E-state index < -0.39 is 65.3 Å². The number of nitrogens with zero attached hydrogens (tertiary/aromatic N) is 2. The first-order valence-electron chi connectivity index (χ1n) is 15.2. The van der Waals surface area contributed by atoms with E-state index in [9.17, 15) is 28.7 Å². The molecule has 47 heavy (non-hydrogen) atoms. The molecule has 0 aliphatic heterocycles. The highest BCUT2D eigenvalue weighted by atomic mass is 19.1. The van der Waals surface area contributed by atoms with Gasteiger partial charge in [0.25, 0.3) is 5.91 Å². The third-order valence-corrected chi connectivity index (χ3v) is 7.14. The van der Waals surface area contributed by atoms with Crippen molar-refractivity contribution in [2.45, 2.75) is 79.1 Å². The number of halogens is 2. The lowest BCUT2D eigenvalue weighted by Gasteiger charge is -2.41. The fourth-order valence-corrected chi connectivity index (χ4v) is 5.23. The van der Waals surface area contributed by atoms with E-state index in [1.807, 2.05) is 55.7 Å². The Balaban J connectivity index is 2.15. The van der Waals surface area contributed by atoms with E-state index in [1.54, 1.807) is 33.0 Å². The van der Waals surface area contributed by atoms with Gasteiger partial charge in [-0.05, 0) is 62.4 Å². The molecule has 3 rings (SSSR count). The number of alkyl carbamates (subject to hydrolysis) is 1. The Bertz CT molecular complexity index is 1580. The van der Waals surface area contributed by atoms with Crippen LogP contribution in [0.2, 0.25) is 0 Å². The number of ether oxygens (including phenoxy) is 2. The number of aromatic nitrogens is 1. The lowest BCUT2D eigenvalue weighted by atomic mass is 9.82. The zero-order chi connectivity index (χ0) is 35.1. The van der Waals surface area contributed by atoms with Crippen LogP contribution >= 0.6 is 0 Å². The summed E-state index contributed by atoms with van der Waals surface area (Å²) in [6, 6.07) is 12.0. The Kier molecular flexibility index (Phi) is 11.9. The quantitative estimate of drug-likeness (QED) is 0.219. The van der Waals surface area contributed by atoms with Crippen molar-refractivity contribution in [2.24, 2.45) is 5.41 Å². The molecule has 0 aliphatic rings. The first-order chi connectivity index (χ1) is 21.9. The van der Waals surface area contributed by atoms with Crippen LogP contribution in [0.25, 0.3) is 11.1 Å². The summed E-state index contributed by atoms with van der Waals surface area (Å²) in [5.74, 6) is -3.90. The van der Waals surface area contributed by atoms with Crippen molar-refractivity contribution in [1.29, 1.82) is 0 Å². The van der Waals surface area contributed by atoms with Crippen molar-refractivity contribution in [3.8, 4) is 11.1 Å². The molecule has 1 heterocycles. The fraction of sp³-hybridized carbons (Fsp3) is 0.429. The van der Waals surface area contributed by atoms with E-state index in [4.69, 9.17) is 9.47 Å². The van der Waals surface area contributed by atoms with E-state index in [0.29, 0.717) is 17.8 Å². The molecule has 2 N–H and O–H groups in total. The van der Waals surface area contributed by atoms with Crippen LogP contribution < -0.4 is 5.32 Å². The summed E-state index contributed by atoms with van der Waals surface area (Å²) in [6.07, 6.45) is 0.517. The van der Waals surface area contributed by atoms with Crippen LogP contribution in [0.5, 0.6) is 0 Å². The fourth-order valence-electron chi connectivity index (χ4n) is 5.23. The molecule has 0 spiro atoms. The maximum absolute atomic E-state index is 15.0. The highest BCUT2D eigenvalue weighted by Gasteiger charge is 2.38. The highest BCUT2D eigenvalue weighted by molar-refractivity contribution is 5.82. The predicted molar refractivity (Wildman–Crippen MR) is 171 cm³/mol. The summed E-state index contributed by atoms with van der Waals surface area (Å²) in [7, 11) is 0. The Labute approximate surface area is 273 Å².